The number of sulfonamides is 1. The number of carbonyl (C=O) groups is 2. The summed E-state index contributed by atoms with van der Waals surface area (Å²) in [6, 6.07) is 13.0. The van der Waals surface area contributed by atoms with Crippen LogP contribution < -0.4 is 10.6 Å². The first-order valence-corrected chi connectivity index (χ1v) is 15.2. The van der Waals surface area contributed by atoms with E-state index < -0.39 is 22.2 Å². The molecule has 1 saturated heterocycles. The minimum absolute atomic E-state index is 0.0331. The van der Waals surface area contributed by atoms with E-state index in [9.17, 15) is 18.0 Å². The SMILES string of the molecule is CC(C)C[C@H](NC(=O)c1cc2ccccc2s1)C(=O)NC[C@H]1CN(S(=O)(=O)c2ccc(Cl)cc2Cl)CCO1. The second kappa shape index (κ2) is 12.3. The Morgan fingerprint density at radius 2 is 1.92 bits per heavy atom. The fourth-order valence-electron chi connectivity index (χ4n) is 4.22. The molecule has 1 aliphatic rings. The minimum atomic E-state index is -3.88. The number of hydrogen-bond acceptors (Lipinski definition) is 6. The van der Waals surface area contributed by atoms with Crippen molar-refractivity contribution in [1.82, 2.24) is 14.9 Å². The van der Waals surface area contributed by atoms with Crippen molar-refractivity contribution in [2.24, 2.45) is 5.92 Å². The molecule has 2 atom stereocenters. The van der Waals surface area contributed by atoms with Crippen LogP contribution in [-0.2, 0) is 19.6 Å². The summed E-state index contributed by atoms with van der Waals surface area (Å²) in [5, 5.41) is 7.05. The van der Waals surface area contributed by atoms with Crippen LogP contribution in [0.4, 0.5) is 0 Å². The molecule has 1 fully saturated rings. The number of amides is 2. The molecule has 8 nitrogen and oxygen atoms in total. The maximum atomic E-state index is 13.2. The van der Waals surface area contributed by atoms with Crippen molar-refractivity contribution in [3.63, 3.8) is 0 Å². The van der Waals surface area contributed by atoms with E-state index >= 15 is 0 Å². The number of hydrogen-bond donors (Lipinski definition) is 2. The molecular formula is C26H29Cl2N3O5S2. The number of halogens is 2. The zero-order valence-electron chi connectivity index (χ0n) is 20.9. The van der Waals surface area contributed by atoms with E-state index in [1.165, 1.54) is 33.8 Å². The molecule has 38 heavy (non-hydrogen) atoms. The van der Waals surface area contributed by atoms with E-state index in [4.69, 9.17) is 27.9 Å². The first-order chi connectivity index (χ1) is 18.0. The van der Waals surface area contributed by atoms with Gasteiger partial charge in [0.05, 0.1) is 22.6 Å². The highest BCUT2D eigenvalue weighted by Gasteiger charge is 2.33. The largest absolute Gasteiger partial charge is 0.374 e. The topological polar surface area (TPSA) is 105 Å². The Morgan fingerprint density at radius 3 is 2.63 bits per heavy atom. The Morgan fingerprint density at radius 1 is 1.16 bits per heavy atom. The highest BCUT2D eigenvalue weighted by atomic mass is 35.5. The fraction of sp³-hybridized carbons (Fsp3) is 0.385. The van der Waals surface area contributed by atoms with Gasteiger partial charge in [-0.2, -0.15) is 4.31 Å². The van der Waals surface area contributed by atoms with Gasteiger partial charge in [0.1, 0.15) is 10.9 Å². The van der Waals surface area contributed by atoms with Crippen LogP contribution in [0.1, 0.15) is 29.9 Å². The van der Waals surface area contributed by atoms with E-state index in [2.05, 4.69) is 10.6 Å². The Bertz CT molecular complexity index is 1390. The van der Waals surface area contributed by atoms with Gasteiger partial charge >= 0.3 is 0 Å². The highest BCUT2D eigenvalue weighted by Crippen LogP contribution is 2.29. The number of nitrogens with one attached hydrogen (secondary N) is 2. The predicted octanol–water partition coefficient (Wildman–Crippen LogP) is 4.56. The standard InChI is InChI=1S/C26H29Cl2N3O5S2/c1-16(2)11-21(30-26(33)23-12-17-5-3-4-6-22(17)37-23)25(32)29-14-19-15-31(9-10-36-19)38(34,35)24-8-7-18(27)13-20(24)28/h3-8,12-13,16,19,21H,9-11,14-15H2,1-2H3,(H,29,32)(H,30,33)/t19-,21-/m0/s1. The summed E-state index contributed by atoms with van der Waals surface area (Å²) in [7, 11) is -3.88. The number of morpholine rings is 1. The summed E-state index contributed by atoms with van der Waals surface area (Å²) in [4.78, 5) is 26.6. The monoisotopic (exact) mass is 597 g/mol. The van der Waals surface area contributed by atoms with Crippen molar-refractivity contribution in [2.45, 2.75) is 37.3 Å². The lowest BCUT2D eigenvalue weighted by atomic mass is 10.0. The second-order valence-corrected chi connectivity index (χ2v) is 13.3. The van der Waals surface area contributed by atoms with E-state index in [-0.39, 0.29) is 53.9 Å². The molecule has 0 unspecified atom stereocenters. The van der Waals surface area contributed by atoms with Gasteiger partial charge in [-0.05, 0) is 48.1 Å². The van der Waals surface area contributed by atoms with Gasteiger partial charge in [-0.25, -0.2) is 8.42 Å². The molecule has 2 heterocycles. The normalized spacial score (nSPS) is 17.4. The van der Waals surface area contributed by atoms with Crippen LogP contribution in [0, 0.1) is 5.92 Å². The molecule has 0 radical (unpaired) electrons. The number of carbonyl (C=O) groups excluding carboxylic acids is 2. The van der Waals surface area contributed by atoms with Gasteiger partial charge in [0.25, 0.3) is 5.91 Å². The van der Waals surface area contributed by atoms with Crippen molar-refractivity contribution < 1.29 is 22.7 Å². The molecule has 3 aromatic rings. The lowest BCUT2D eigenvalue weighted by molar-refractivity contribution is -0.124. The van der Waals surface area contributed by atoms with Crippen LogP contribution in [0.25, 0.3) is 10.1 Å². The first kappa shape index (κ1) is 28.8. The maximum absolute atomic E-state index is 13.2. The van der Waals surface area contributed by atoms with Crippen molar-refractivity contribution in [3.8, 4) is 0 Å². The smallest absolute Gasteiger partial charge is 0.262 e. The van der Waals surface area contributed by atoms with Crippen LogP contribution in [0.15, 0.2) is 53.4 Å². The van der Waals surface area contributed by atoms with Crippen molar-refractivity contribution >= 4 is 66.5 Å². The van der Waals surface area contributed by atoms with Crippen LogP contribution in [0.3, 0.4) is 0 Å². The maximum Gasteiger partial charge on any atom is 0.262 e. The number of ether oxygens (including phenoxy) is 1. The summed E-state index contributed by atoms with van der Waals surface area (Å²) < 4.78 is 34.3. The van der Waals surface area contributed by atoms with Gasteiger partial charge in [0.2, 0.25) is 15.9 Å². The minimum Gasteiger partial charge on any atom is -0.374 e. The Kier molecular flexibility index (Phi) is 9.33. The van der Waals surface area contributed by atoms with Gasteiger partial charge in [-0.3, -0.25) is 9.59 Å². The van der Waals surface area contributed by atoms with E-state index in [1.54, 1.807) is 0 Å². The summed E-state index contributed by atoms with van der Waals surface area (Å²) in [5.74, 6) is -0.500. The lowest BCUT2D eigenvalue weighted by Gasteiger charge is -2.32. The van der Waals surface area contributed by atoms with Crippen molar-refractivity contribution in [3.05, 3.63) is 63.5 Å². The third kappa shape index (κ3) is 6.86. The highest BCUT2D eigenvalue weighted by molar-refractivity contribution is 7.89. The average molecular weight is 599 g/mol. The molecule has 2 aromatic carbocycles. The summed E-state index contributed by atoms with van der Waals surface area (Å²) in [6.45, 7) is 4.41. The van der Waals surface area contributed by atoms with Crippen molar-refractivity contribution in [2.75, 3.05) is 26.2 Å². The Labute approximate surface area is 236 Å². The summed E-state index contributed by atoms with van der Waals surface area (Å²) >= 11 is 13.4. The summed E-state index contributed by atoms with van der Waals surface area (Å²) in [5.41, 5.74) is 0. The molecule has 12 heteroatoms. The van der Waals surface area contributed by atoms with Gasteiger partial charge in [0, 0.05) is 29.4 Å². The summed E-state index contributed by atoms with van der Waals surface area (Å²) in [6.07, 6.45) is -0.115. The van der Waals surface area contributed by atoms with Gasteiger partial charge in [0.15, 0.2) is 0 Å². The third-order valence-electron chi connectivity index (χ3n) is 6.10. The zero-order valence-corrected chi connectivity index (χ0v) is 24.1. The van der Waals surface area contributed by atoms with E-state index in [0.717, 1.165) is 10.1 Å². The molecule has 1 aromatic heterocycles. The van der Waals surface area contributed by atoms with E-state index in [0.29, 0.717) is 16.3 Å². The molecule has 0 bridgehead atoms. The van der Waals surface area contributed by atoms with E-state index in [1.807, 2.05) is 44.2 Å². The van der Waals surface area contributed by atoms with Gasteiger partial charge in [-0.1, -0.05) is 55.2 Å². The van der Waals surface area contributed by atoms with Crippen LogP contribution in [0.2, 0.25) is 10.0 Å². The molecule has 204 valence electrons. The van der Waals surface area contributed by atoms with Crippen LogP contribution in [0.5, 0.6) is 0 Å². The third-order valence-corrected chi connectivity index (χ3v) is 9.79. The molecule has 2 N–H and O–H groups in total. The van der Waals surface area contributed by atoms with Crippen molar-refractivity contribution in [1.29, 1.82) is 0 Å². The molecular weight excluding hydrogens is 569 g/mol. The number of thiophene rings is 1. The van der Waals surface area contributed by atoms with Gasteiger partial charge in [-0.15, -0.1) is 11.3 Å². The number of benzene rings is 2. The second-order valence-electron chi connectivity index (χ2n) is 9.48. The van der Waals surface area contributed by atoms with Crippen LogP contribution >= 0.6 is 34.5 Å². The molecule has 0 saturated carbocycles. The molecule has 2 amide bonds. The molecule has 1 aliphatic heterocycles. The average Bonchev–Trinajstić information content (AvgIpc) is 3.31. The molecule has 0 aliphatic carbocycles. The van der Waals surface area contributed by atoms with Gasteiger partial charge < -0.3 is 15.4 Å². The fourth-order valence-corrected chi connectivity index (χ4v) is 7.39. The lowest BCUT2D eigenvalue weighted by Crippen LogP contribution is -2.52. The zero-order chi connectivity index (χ0) is 27.4. The Balaban J connectivity index is 1.39. The quantitative estimate of drug-likeness (QED) is 0.376. The predicted molar refractivity (Wildman–Crippen MR) is 151 cm³/mol. The number of rotatable bonds is 9. The number of fused-ring (bicyclic) bond motifs is 1. The molecule has 4 rings (SSSR count). The first-order valence-electron chi connectivity index (χ1n) is 12.2. The Hall–Kier alpha value is -2.21. The van der Waals surface area contributed by atoms with Crippen LogP contribution in [-0.4, -0.2) is 62.9 Å². The number of nitrogens with zero attached hydrogens (tertiary/aromatic N) is 1. The molecule has 0 spiro atoms.